The normalized spacial score (nSPS) is 16.2. The van der Waals surface area contributed by atoms with Gasteiger partial charge in [0.05, 0.1) is 11.3 Å². The van der Waals surface area contributed by atoms with E-state index in [1.165, 1.54) is 16.0 Å². The molecular formula is C26H21ClN2O2. The topological polar surface area (TPSA) is 40.6 Å². The molecule has 0 fully saturated rings. The van der Waals surface area contributed by atoms with Crippen molar-refractivity contribution in [2.24, 2.45) is 0 Å². The molecule has 2 aliphatic heterocycles. The van der Waals surface area contributed by atoms with Crippen LogP contribution in [0.3, 0.4) is 0 Å². The number of hydrogen-bond donors (Lipinski definition) is 0. The maximum Gasteiger partial charge on any atom is 0.282 e. The van der Waals surface area contributed by atoms with E-state index >= 15 is 0 Å². The Morgan fingerprint density at radius 1 is 0.839 bits per heavy atom. The predicted molar refractivity (Wildman–Crippen MR) is 123 cm³/mol. The SMILES string of the molecule is Cc1ccc(Cl)cc1N1C(=O)C(c2ccccc2)=C(N2CCc3ccccc3C2)C1=O. The zero-order chi connectivity index (χ0) is 21.5. The van der Waals surface area contributed by atoms with E-state index in [1.54, 1.807) is 12.1 Å². The molecule has 0 aliphatic carbocycles. The second-order valence-corrected chi connectivity index (χ2v) is 8.34. The highest BCUT2D eigenvalue weighted by Gasteiger charge is 2.43. The summed E-state index contributed by atoms with van der Waals surface area (Å²) in [4.78, 5) is 30.7. The number of rotatable bonds is 3. The van der Waals surface area contributed by atoms with Crippen LogP contribution < -0.4 is 4.90 Å². The first-order valence-electron chi connectivity index (χ1n) is 10.3. The van der Waals surface area contributed by atoms with Crippen molar-refractivity contribution < 1.29 is 9.59 Å². The fourth-order valence-electron chi connectivity index (χ4n) is 4.41. The summed E-state index contributed by atoms with van der Waals surface area (Å²) in [5.41, 5.74) is 5.49. The summed E-state index contributed by atoms with van der Waals surface area (Å²) in [6.45, 7) is 3.16. The number of anilines is 1. The first-order valence-corrected chi connectivity index (χ1v) is 10.7. The Kier molecular flexibility index (Phi) is 4.87. The zero-order valence-electron chi connectivity index (χ0n) is 17.1. The molecule has 0 spiro atoms. The van der Waals surface area contributed by atoms with Crippen LogP contribution in [0.2, 0.25) is 5.02 Å². The van der Waals surface area contributed by atoms with Crippen LogP contribution in [0.15, 0.2) is 78.5 Å². The van der Waals surface area contributed by atoms with Crippen molar-refractivity contribution in [3.63, 3.8) is 0 Å². The fraction of sp³-hybridized carbons (Fsp3) is 0.154. The molecule has 5 heteroatoms. The van der Waals surface area contributed by atoms with Crippen molar-refractivity contribution in [1.29, 1.82) is 0 Å². The lowest BCUT2D eigenvalue weighted by Gasteiger charge is -2.31. The highest BCUT2D eigenvalue weighted by Crippen LogP contribution is 2.38. The van der Waals surface area contributed by atoms with E-state index < -0.39 is 0 Å². The number of imide groups is 1. The van der Waals surface area contributed by atoms with Gasteiger partial charge in [0.2, 0.25) is 0 Å². The van der Waals surface area contributed by atoms with Crippen LogP contribution in [0.1, 0.15) is 22.3 Å². The quantitative estimate of drug-likeness (QED) is 0.552. The summed E-state index contributed by atoms with van der Waals surface area (Å²) in [5.74, 6) is -0.607. The Labute approximate surface area is 186 Å². The molecule has 3 aromatic rings. The molecule has 2 heterocycles. The van der Waals surface area contributed by atoms with Gasteiger partial charge in [0, 0.05) is 18.1 Å². The lowest BCUT2D eigenvalue weighted by Crippen LogP contribution is -2.37. The molecule has 0 atom stereocenters. The molecule has 0 aromatic heterocycles. The molecule has 2 aliphatic rings. The highest BCUT2D eigenvalue weighted by molar-refractivity contribution is 6.45. The smallest absolute Gasteiger partial charge is 0.282 e. The number of carbonyl (C=O) groups excluding carboxylic acids is 2. The van der Waals surface area contributed by atoms with Gasteiger partial charge < -0.3 is 4.90 Å². The van der Waals surface area contributed by atoms with Crippen LogP contribution >= 0.6 is 11.6 Å². The number of hydrogen-bond acceptors (Lipinski definition) is 3. The molecule has 0 bridgehead atoms. The molecular weight excluding hydrogens is 408 g/mol. The number of amides is 2. The molecule has 2 amide bonds. The van der Waals surface area contributed by atoms with Gasteiger partial charge in [-0.3, -0.25) is 9.59 Å². The largest absolute Gasteiger partial charge is 0.362 e. The minimum Gasteiger partial charge on any atom is -0.362 e. The molecule has 154 valence electrons. The van der Waals surface area contributed by atoms with Crippen LogP contribution in [0.4, 0.5) is 5.69 Å². The lowest BCUT2D eigenvalue weighted by atomic mass is 9.98. The summed E-state index contributed by atoms with van der Waals surface area (Å²) in [7, 11) is 0. The van der Waals surface area contributed by atoms with Gasteiger partial charge in [-0.25, -0.2) is 4.90 Å². The van der Waals surface area contributed by atoms with Crippen molar-refractivity contribution in [2.45, 2.75) is 19.9 Å². The maximum absolute atomic E-state index is 13.7. The average molecular weight is 429 g/mol. The third kappa shape index (κ3) is 3.33. The molecule has 0 unspecified atom stereocenters. The van der Waals surface area contributed by atoms with Gasteiger partial charge in [-0.05, 0) is 47.7 Å². The van der Waals surface area contributed by atoms with Gasteiger partial charge in [0.25, 0.3) is 11.8 Å². The van der Waals surface area contributed by atoms with Gasteiger partial charge in [-0.1, -0.05) is 72.3 Å². The van der Waals surface area contributed by atoms with E-state index in [1.807, 2.05) is 60.4 Å². The van der Waals surface area contributed by atoms with E-state index in [-0.39, 0.29) is 11.8 Å². The third-order valence-electron chi connectivity index (χ3n) is 5.98. The van der Waals surface area contributed by atoms with Gasteiger partial charge in [0.15, 0.2) is 0 Å². The molecule has 0 N–H and O–H groups in total. The van der Waals surface area contributed by atoms with E-state index in [4.69, 9.17) is 11.6 Å². The van der Waals surface area contributed by atoms with E-state index in [2.05, 4.69) is 12.1 Å². The van der Waals surface area contributed by atoms with Crippen molar-refractivity contribution in [2.75, 3.05) is 11.4 Å². The van der Waals surface area contributed by atoms with Gasteiger partial charge in [-0.2, -0.15) is 0 Å². The third-order valence-corrected chi connectivity index (χ3v) is 6.22. The number of aryl methyl sites for hydroxylation is 1. The molecule has 0 saturated carbocycles. The molecule has 0 saturated heterocycles. The summed E-state index contributed by atoms with van der Waals surface area (Å²) < 4.78 is 0. The Morgan fingerprint density at radius 2 is 1.55 bits per heavy atom. The summed E-state index contributed by atoms with van der Waals surface area (Å²) >= 11 is 6.21. The van der Waals surface area contributed by atoms with Gasteiger partial charge in [-0.15, -0.1) is 0 Å². The molecule has 5 rings (SSSR count). The summed E-state index contributed by atoms with van der Waals surface area (Å²) in [6, 6.07) is 23.0. The Morgan fingerprint density at radius 3 is 2.32 bits per heavy atom. The van der Waals surface area contributed by atoms with Crippen molar-refractivity contribution in [1.82, 2.24) is 4.90 Å². The minimum atomic E-state index is -0.310. The second-order valence-electron chi connectivity index (χ2n) is 7.91. The van der Waals surface area contributed by atoms with Crippen LogP contribution in [-0.4, -0.2) is 23.3 Å². The van der Waals surface area contributed by atoms with E-state index in [9.17, 15) is 9.59 Å². The Bertz CT molecular complexity index is 1230. The van der Waals surface area contributed by atoms with Crippen LogP contribution in [0.5, 0.6) is 0 Å². The average Bonchev–Trinajstić information content (AvgIpc) is 3.05. The highest BCUT2D eigenvalue weighted by atomic mass is 35.5. The van der Waals surface area contributed by atoms with Crippen molar-refractivity contribution in [3.05, 3.63) is 106 Å². The summed E-state index contributed by atoms with van der Waals surface area (Å²) in [6.07, 6.45) is 0.833. The number of carbonyl (C=O) groups is 2. The van der Waals surface area contributed by atoms with Crippen LogP contribution in [0.25, 0.3) is 5.57 Å². The van der Waals surface area contributed by atoms with Crippen LogP contribution in [0, 0.1) is 6.92 Å². The van der Waals surface area contributed by atoms with E-state index in [0.29, 0.717) is 35.1 Å². The zero-order valence-corrected chi connectivity index (χ0v) is 17.9. The first kappa shape index (κ1) is 19.6. The maximum atomic E-state index is 13.7. The summed E-state index contributed by atoms with van der Waals surface area (Å²) in [5, 5.41) is 0.489. The number of nitrogens with zero attached hydrogens (tertiary/aromatic N) is 2. The lowest BCUT2D eigenvalue weighted by molar-refractivity contribution is -0.120. The van der Waals surface area contributed by atoms with Crippen molar-refractivity contribution in [3.8, 4) is 0 Å². The Hall–Kier alpha value is -3.37. The van der Waals surface area contributed by atoms with Gasteiger partial charge >= 0.3 is 0 Å². The monoisotopic (exact) mass is 428 g/mol. The minimum absolute atomic E-state index is 0.298. The standard InChI is InChI=1S/C26H21ClN2O2/c1-17-11-12-21(27)15-22(17)29-25(30)23(19-8-3-2-4-9-19)24(26(29)31)28-14-13-18-7-5-6-10-20(18)16-28/h2-12,15H,13-14,16H2,1H3. The number of fused-ring (bicyclic) bond motifs is 1. The second kappa shape index (κ2) is 7.71. The Balaban J connectivity index is 1.64. The van der Waals surface area contributed by atoms with Gasteiger partial charge in [0.1, 0.15) is 5.70 Å². The van der Waals surface area contributed by atoms with Crippen LogP contribution in [-0.2, 0) is 22.6 Å². The van der Waals surface area contributed by atoms with E-state index in [0.717, 1.165) is 17.5 Å². The fourth-order valence-corrected chi connectivity index (χ4v) is 4.57. The molecule has 0 radical (unpaired) electrons. The first-order chi connectivity index (χ1) is 15.0. The number of benzene rings is 3. The molecule has 31 heavy (non-hydrogen) atoms. The number of halogens is 1. The molecule has 3 aromatic carbocycles. The predicted octanol–water partition coefficient (Wildman–Crippen LogP) is 4.99. The van der Waals surface area contributed by atoms with Crippen molar-refractivity contribution >= 4 is 34.7 Å². The molecule has 4 nitrogen and oxygen atoms in total.